The number of nitrogens with zero attached hydrogens (tertiary/aromatic N) is 1. The Balaban J connectivity index is 1.90. The maximum absolute atomic E-state index is 12.0. The van der Waals surface area contributed by atoms with E-state index in [0.717, 1.165) is 0 Å². The second-order valence-electron chi connectivity index (χ2n) is 4.54. The van der Waals surface area contributed by atoms with E-state index in [1.165, 1.54) is 0 Å². The zero-order chi connectivity index (χ0) is 14.5. The molecule has 0 spiro atoms. The van der Waals surface area contributed by atoms with Gasteiger partial charge in [-0.15, -0.1) is 0 Å². The highest BCUT2D eigenvalue weighted by molar-refractivity contribution is 6.30. The minimum Gasteiger partial charge on any atom is -0.366 e. The number of amides is 2. The molecule has 0 radical (unpaired) electrons. The SMILES string of the molecule is CCN1CCO[C@@H](CC(=O)Nc2ccc(Cl)cc2)C1=O. The summed E-state index contributed by atoms with van der Waals surface area (Å²) >= 11 is 5.77. The smallest absolute Gasteiger partial charge is 0.252 e. The molecule has 1 N–H and O–H groups in total. The van der Waals surface area contributed by atoms with Crippen LogP contribution in [0.15, 0.2) is 24.3 Å². The number of halogens is 1. The van der Waals surface area contributed by atoms with Crippen LogP contribution in [0.2, 0.25) is 5.02 Å². The number of hydrogen-bond donors (Lipinski definition) is 1. The Hall–Kier alpha value is -1.59. The van der Waals surface area contributed by atoms with E-state index in [-0.39, 0.29) is 18.2 Å². The molecule has 1 saturated heterocycles. The van der Waals surface area contributed by atoms with Gasteiger partial charge in [0.2, 0.25) is 5.91 Å². The van der Waals surface area contributed by atoms with Gasteiger partial charge in [-0.3, -0.25) is 9.59 Å². The number of carbonyl (C=O) groups is 2. The first-order chi connectivity index (χ1) is 9.60. The number of nitrogens with one attached hydrogen (secondary N) is 1. The van der Waals surface area contributed by atoms with Crippen LogP contribution < -0.4 is 5.32 Å². The first-order valence-electron chi connectivity index (χ1n) is 6.56. The molecule has 1 aliphatic rings. The lowest BCUT2D eigenvalue weighted by Gasteiger charge is -2.31. The first kappa shape index (κ1) is 14.8. The average Bonchev–Trinajstić information content (AvgIpc) is 2.44. The quantitative estimate of drug-likeness (QED) is 0.923. The molecule has 20 heavy (non-hydrogen) atoms. The fraction of sp³-hybridized carbons (Fsp3) is 0.429. The van der Waals surface area contributed by atoms with Gasteiger partial charge in [-0.1, -0.05) is 11.6 Å². The number of hydrogen-bond acceptors (Lipinski definition) is 3. The van der Waals surface area contributed by atoms with E-state index < -0.39 is 6.10 Å². The Morgan fingerprint density at radius 3 is 2.80 bits per heavy atom. The van der Waals surface area contributed by atoms with Crippen LogP contribution in [0, 0.1) is 0 Å². The Morgan fingerprint density at radius 1 is 1.45 bits per heavy atom. The molecule has 1 aromatic carbocycles. The van der Waals surface area contributed by atoms with E-state index in [1.54, 1.807) is 29.2 Å². The Kier molecular flexibility index (Phi) is 4.98. The van der Waals surface area contributed by atoms with Gasteiger partial charge >= 0.3 is 0 Å². The molecule has 5 nitrogen and oxygen atoms in total. The van der Waals surface area contributed by atoms with Crippen molar-refractivity contribution in [2.75, 3.05) is 25.0 Å². The van der Waals surface area contributed by atoms with Gasteiger partial charge in [-0.05, 0) is 31.2 Å². The van der Waals surface area contributed by atoms with E-state index in [9.17, 15) is 9.59 Å². The van der Waals surface area contributed by atoms with Gasteiger partial charge in [0.15, 0.2) is 0 Å². The predicted octanol–water partition coefficient (Wildman–Crippen LogP) is 1.92. The molecule has 0 unspecified atom stereocenters. The van der Waals surface area contributed by atoms with Crippen LogP contribution in [-0.4, -0.2) is 42.5 Å². The van der Waals surface area contributed by atoms with Crippen molar-refractivity contribution in [1.82, 2.24) is 4.90 Å². The molecule has 0 bridgehead atoms. The lowest BCUT2D eigenvalue weighted by atomic mass is 10.1. The zero-order valence-electron chi connectivity index (χ0n) is 11.3. The summed E-state index contributed by atoms with van der Waals surface area (Å²) in [5.74, 6) is -0.367. The molecule has 2 amide bonds. The molecule has 1 aromatic rings. The van der Waals surface area contributed by atoms with Crippen molar-refractivity contribution in [3.63, 3.8) is 0 Å². The van der Waals surface area contributed by atoms with Gasteiger partial charge in [0.05, 0.1) is 13.0 Å². The van der Waals surface area contributed by atoms with Gasteiger partial charge in [-0.25, -0.2) is 0 Å². The number of benzene rings is 1. The summed E-state index contributed by atoms with van der Waals surface area (Å²) in [5.41, 5.74) is 0.648. The Labute approximate surface area is 122 Å². The summed E-state index contributed by atoms with van der Waals surface area (Å²) in [6.07, 6.45) is -0.659. The van der Waals surface area contributed by atoms with Gasteiger partial charge in [-0.2, -0.15) is 0 Å². The zero-order valence-corrected chi connectivity index (χ0v) is 12.0. The molecular formula is C14H17ClN2O3. The van der Waals surface area contributed by atoms with Gasteiger partial charge in [0, 0.05) is 23.8 Å². The molecule has 6 heteroatoms. The second-order valence-corrected chi connectivity index (χ2v) is 4.97. The monoisotopic (exact) mass is 296 g/mol. The Morgan fingerprint density at radius 2 is 2.15 bits per heavy atom. The lowest BCUT2D eigenvalue weighted by Crippen LogP contribution is -2.48. The van der Waals surface area contributed by atoms with E-state index in [2.05, 4.69) is 5.32 Å². The van der Waals surface area contributed by atoms with Gasteiger partial charge in [0.1, 0.15) is 6.10 Å². The number of rotatable bonds is 4. The number of carbonyl (C=O) groups excluding carboxylic acids is 2. The van der Waals surface area contributed by atoms with Crippen LogP contribution in [-0.2, 0) is 14.3 Å². The van der Waals surface area contributed by atoms with E-state index in [0.29, 0.717) is 30.4 Å². The third-order valence-corrected chi connectivity index (χ3v) is 3.40. The highest BCUT2D eigenvalue weighted by Gasteiger charge is 2.30. The maximum Gasteiger partial charge on any atom is 0.252 e. The average molecular weight is 297 g/mol. The molecule has 1 fully saturated rings. The van der Waals surface area contributed by atoms with Crippen molar-refractivity contribution in [2.24, 2.45) is 0 Å². The number of likely N-dealkylation sites (N-methyl/N-ethyl adjacent to an activating group) is 1. The number of anilines is 1. The molecule has 1 atom stereocenters. The van der Waals surface area contributed by atoms with Gasteiger partial charge < -0.3 is 15.0 Å². The van der Waals surface area contributed by atoms with E-state index >= 15 is 0 Å². The molecule has 1 heterocycles. The summed E-state index contributed by atoms with van der Waals surface area (Å²) in [7, 11) is 0. The van der Waals surface area contributed by atoms with Crippen LogP contribution in [0.3, 0.4) is 0 Å². The predicted molar refractivity (Wildman–Crippen MR) is 76.7 cm³/mol. The highest BCUT2D eigenvalue weighted by atomic mass is 35.5. The largest absolute Gasteiger partial charge is 0.366 e. The summed E-state index contributed by atoms with van der Waals surface area (Å²) in [6.45, 7) is 3.61. The molecule has 0 aliphatic carbocycles. The second kappa shape index (κ2) is 6.72. The van der Waals surface area contributed by atoms with Crippen LogP contribution in [0.5, 0.6) is 0 Å². The number of morpholine rings is 1. The van der Waals surface area contributed by atoms with Crippen LogP contribution in [0.25, 0.3) is 0 Å². The molecule has 108 valence electrons. The molecule has 0 saturated carbocycles. The summed E-state index contributed by atoms with van der Waals surface area (Å²) in [4.78, 5) is 25.6. The van der Waals surface area contributed by atoms with Crippen molar-refractivity contribution in [2.45, 2.75) is 19.4 Å². The van der Waals surface area contributed by atoms with Gasteiger partial charge in [0.25, 0.3) is 5.91 Å². The van der Waals surface area contributed by atoms with E-state index in [4.69, 9.17) is 16.3 Å². The molecule has 1 aliphatic heterocycles. The normalized spacial score (nSPS) is 19.0. The van der Waals surface area contributed by atoms with E-state index in [1.807, 2.05) is 6.92 Å². The minimum atomic E-state index is -0.684. The topological polar surface area (TPSA) is 58.6 Å². The molecular weight excluding hydrogens is 280 g/mol. The summed E-state index contributed by atoms with van der Waals surface area (Å²) < 4.78 is 5.38. The van der Waals surface area contributed by atoms with Crippen molar-refractivity contribution < 1.29 is 14.3 Å². The summed E-state index contributed by atoms with van der Waals surface area (Å²) in [5, 5.41) is 3.33. The fourth-order valence-corrected chi connectivity index (χ4v) is 2.19. The lowest BCUT2D eigenvalue weighted by molar-refractivity contribution is -0.154. The van der Waals surface area contributed by atoms with Crippen LogP contribution in [0.1, 0.15) is 13.3 Å². The third kappa shape index (κ3) is 3.71. The standard InChI is InChI=1S/C14H17ClN2O3/c1-2-17-7-8-20-12(14(17)19)9-13(18)16-11-5-3-10(15)4-6-11/h3-6,12H,2,7-9H2,1H3,(H,16,18)/t12-/m0/s1. The number of ether oxygens (including phenoxy) is 1. The van der Waals surface area contributed by atoms with Crippen molar-refractivity contribution in [3.8, 4) is 0 Å². The van der Waals surface area contributed by atoms with Crippen LogP contribution >= 0.6 is 11.6 Å². The van der Waals surface area contributed by atoms with Crippen molar-refractivity contribution in [3.05, 3.63) is 29.3 Å². The third-order valence-electron chi connectivity index (χ3n) is 3.15. The molecule has 2 rings (SSSR count). The Bertz CT molecular complexity index is 490. The van der Waals surface area contributed by atoms with Crippen molar-refractivity contribution in [1.29, 1.82) is 0 Å². The minimum absolute atomic E-state index is 0.0258. The highest BCUT2D eigenvalue weighted by Crippen LogP contribution is 2.15. The molecule has 0 aromatic heterocycles. The summed E-state index contributed by atoms with van der Waals surface area (Å²) in [6, 6.07) is 6.81. The first-order valence-corrected chi connectivity index (χ1v) is 6.93. The van der Waals surface area contributed by atoms with Crippen LogP contribution in [0.4, 0.5) is 5.69 Å². The maximum atomic E-state index is 12.0. The fourth-order valence-electron chi connectivity index (χ4n) is 2.06. The van der Waals surface area contributed by atoms with Crippen molar-refractivity contribution >= 4 is 29.1 Å².